The number of hydrogen-bond donors (Lipinski definition) is 0. The van der Waals surface area contributed by atoms with E-state index in [1.807, 2.05) is 0 Å². The zero-order valence-corrected chi connectivity index (χ0v) is 10.7. The van der Waals surface area contributed by atoms with Crippen molar-refractivity contribution in [1.29, 1.82) is 0 Å². The van der Waals surface area contributed by atoms with Gasteiger partial charge in [-0.05, 0) is 25.1 Å². The summed E-state index contributed by atoms with van der Waals surface area (Å²) in [6.07, 6.45) is -4.44. The first kappa shape index (κ1) is 14.0. The molecule has 2 nitrogen and oxygen atoms in total. The minimum atomic E-state index is -4.44. The number of methoxy groups -OCH3 is 1. The van der Waals surface area contributed by atoms with Crippen molar-refractivity contribution in [1.82, 2.24) is 0 Å². The molecule has 0 saturated heterocycles. The average molecular weight is 311 g/mol. The lowest BCUT2D eigenvalue weighted by Gasteiger charge is -2.15. The number of halogens is 4. The highest BCUT2D eigenvalue weighted by atomic mass is 79.9. The maximum atomic E-state index is 12.5. The largest absolute Gasteiger partial charge is 0.496 e. The van der Waals surface area contributed by atoms with Crippen LogP contribution in [0.5, 0.6) is 5.75 Å². The minimum Gasteiger partial charge on any atom is -0.496 e. The van der Waals surface area contributed by atoms with Gasteiger partial charge in [0.1, 0.15) is 16.4 Å². The zero-order valence-electron chi connectivity index (χ0n) is 9.14. The molecule has 6 heteroatoms. The van der Waals surface area contributed by atoms with Crippen molar-refractivity contribution < 1.29 is 22.7 Å². The van der Waals surface area contributed by atoms with Gasteiger partial charge in [-0.25, -0.2) is 0 Å². The SMILES string of the molecule is COc1ccc(C(F)(F)F)cc1C(Br)C(C)=O. The summed E-state index contributed by atoms with van der Waals surface area (Å²) in [4.78, 5) is 10.4. The number of Topliss-reactive ketones (excluding diaryl/α,β-unsaturated/α-hetero) is 1. The Kier molecular flexibility index (Phi) is 4.19. The second-order valence-corrected chi connectivity index (χ2v) is 4.34. The number of carbonyl (C=O) groups is 1. The molecule has 0 aromatic heterocycles. The van der Waals surface area contributed by atoms with Gasteiger partial charge in [0.05, 0.1) is 12.7 Å². The van der Waals surface area contributed by atoms with E-state index in [0.717, 1.165) is 12.1 Å². The van der Waals surface area contributed by atoms with Gasteiger partial charge in [0.2, 0.25) is 0 Å². The molecule has 0 aliphatic carbocycles. The predicted octanol–water partition coefficient (Wildman–Crippen LogP) is 3.74. The van der Waals surface area contributed by atoms with Crippen LogP contribution in [0.15, 0.2) is 18.2 Å². The third-order valence-corrected chi connectivity index (χ3v) is 3.32. The van der Waals surface area contributed by atoms with Crippen molar-refractivity contribution in [2.45, 2.75) is 17.9 Å². The van der Waals surface area contributed by atoms with Gasteiger partial charge in [-0.2, -0.15) is 13.2 Å². The molecule has 1 aromatic carbocycles. The summed E-state index contributed by atoms with van der Waals surface area (Å²) in [5.74, 6) is -0.0438. The van der Waals surface area contributed by atoms with Crippen molar-refractivity contribution in [2.24, 2.45) is 0 Å². The summed E-state index contributed by atoms with van der Waals surface area (Å²) >= 11 is 3.05. The van der Waals surface area contributed by atoms with Crippen molar-refractivity contribution >= 4 is 21.7 Å². The minimum absolute atomic E-state index is 0.176. The molecule has 0 heterocycles. The van der Waals surface area contributed by atoms with E-state index in [1.165, 1.54) is 20.1 Å². The smallest absolute Gasteiger partial charge is 0.416 e. The first-order valence-corrected chi connectivity index (χ1v) is 5.58. The van der Waals surface area contributed by atoms with Crippen LogP contribution in [0.1, 0.15) is 22.9 Å². The molecular weight excluding hydrogens is 301 g/mol. The van der Waals surface area contributed by atoms with Crippen LogP contribution in [0.3, 0.4) is 0 Å². The second-order valence-electron chi connectivity index (χ2n) is 3.43. The zero-order chi connectivity index (χ0) is 13.2. The molecule has 0 N–H and O–H groups in total. The van der Waals surface area contributed by atoms with Crippen molar-refractivity contribution in [3.8, 4) is 5.75 Å². The topological polar surface area (TPSA) is 26.3 Å². The fourth-order valence-corrected chi connectivity index (χ4v) is 1.69. The summed E-state index contributed by atoms with van der Waals surface area (Å²) in [6.45, 7) is 1.29. The second kappa shape index (κ2) is 5.08. The van der Waals surface area contributed by atoms with E-state index in [9.17, 15) is 18.0 Å². The molecule has 1 aromatic rings. The molecule has 0 radical (unpaired) electrons. The van der Waals surface area contributed by atoms with Gasteiger partial charge in [0.25, 0.3) is 0 Å². The van der Waals surface area contributed by atoms with Crippen LogP contribution < -0.4 is 4.74 Å². The van der Waals surface area contributed by atoms with Crippen LogP contribution in [0, 0.1) is 0 Å². The molecule has 0 spiro atoms. The summed E-state index contributed by atoms with van der Waals surface area (Å²) in [6, 6.07) is 3.04. The number of benzene rings is 1. The molecule has 0 aliphatic heterocycles. The van der Waals surface area contributed by atoms with Crippen LogP contribution in [0.25, 0.3) is 0 Å². The molecule has 1 rings (SSSR count). The number of ether oxygens (including phenoxy) is 1. The molecule has 94 valence electrons. The van der Waals surface area contributed by atoms with Crippen molar-refractivity contribution in [2.75, 3.05) is 7.11 Å². The van der Waals surface area contributed by atoms with E-state index in [-0.39, 0.29) is 17.1 Å². The van der Waals surface area contributed by atoms with E-state index in [4.69, 9.17) is 4.74 Å². The highest BCUT2D eigenvalue weighted by Gasteiger charge is 2.32. The summed E-state index contributed by atoms with van der Waals surface area (Å²) in [7, 11) is 1.34. The maximum absolute atomic E-state index is 12.5. The first-order valence-electron chi connectivity index (χ1n) is 4.67. The van der Waals surface area contributed by atoms with Crippen LogP contribution >= 0.6 is 15.9 Å². The van der Waals surface area contributed by atoms with Crippen LogP contribution in [-0.4, -0.2) is 12.9 Å². The highest BCUT2D eigenvalue weighted by Crippen LogP contribution is 2.37. The summed E-state index contributed by atoms with van der Waals surface area (Å²) in [5, 5.41) is 0. The number of ketones is 1. The van der Waals surface area contributed by atoms with Gasteiger partial charge in [0.15, 0.2) is 0 Å². The summed E-state index contributed by atoms with van der Waals surface area (Å²) < 4.78 is 42.5. The number of hydrogen-bond acceptors (Lipinski definition) is 2. The fraction of sp³-hybridized carbons (Fsp3) is 0.364. The van der Waals surface area contributed by atoms with Gasteiger partial charge >= 0.3 is 6.18 Å². The van der Waals surface area contributed by atoms with E-state index < -0.39 is 16.6 Å². The van der Waals surface area contributed by atoms with Gasteiger partial charge < -0.3 is 4.74 Å². The molecule has 1 atom stereocenters. The van der Waals surface area contributed by atoms with Gasteiger partial charge in [-0.15, -0.1) is 0 Å². The van der Waals surface area contributed by atoms with Crippen LogP contribution in [0.4, 0.5) is 13.2 Å². The first-order chi connectivity index (χ1) is 7.77. The van der Waals surface area contributed by atoms with Gasteiger partial charge in [-0.3, -0.25) is 4.79 Å². The normalized spacial score (nSPS) is 13.3. The molecular formula is C11H10BrF3O2. The Morgan fingerprint density at radius 1 is 1.41 bits per heavy atom. The van der Waals surface area contributed by atoms with Crippen LogP contribution in [-0.2, 0) is 11.0 Å². The van der Waals surface area contributed by atoms with E-state index in [1.54, 1.807) is 0 Å². The number of rotatable bonds is 3. The van der Waals surface area contributed by atoms with Crippen molar-refractivity contribution in [3.63, 3.8) is 0 Å². The van der Waals surface area contributed by atoms with E-state index >= 15 is 0 Å². The van der Waals surface area contributed by atoms with E-state index in [0.29, 0.717) is 0 Å². The lowest BCUT2D eigenvalue weighted by molar-refractivity contribution is -0.137. The quantitative estimate of drug-likeness (QED) is 0.795. The lowest BCUT2D eigenvalue weighted by atomic mass is 10.0. The maximum Gasteiger partial charge on any atom is 0.416 e. The molecule has 0 saturated carbocycles. The standard InChI is InChI=1S/C11H10BrF3O2/c1-6(16)10(12)8-5-7(11(13,14)15)3-4-9(8)17-2/h3-5,10H,1-2H3. The molecule has 17 heavy (non-hydrogen) atoms. The fourth-order valence-electron chi connectivity index (χ4n) is 1.33. The number of alkyl halides is 4. The molecule has 0 aliphatic rings. The average Bonchev–Trinajstić information content (AvgIpc) is 2.25. The number of carbonyl (C=O) groups excluding carboxylic acids is 1. The predicted molar refractivity (Wildman–Crippen MR) is 60.3 cm³/mol. The summed E-state index contributed by atoms with van der Waals surface area (Å²) in [5.41, 5.74) is -0.631. The Balaban J connectivity index is 3.29. The third kappa shape index (κ3) is 3.21. The Labute approximate surface area is 105 Å². The van der Waals surface area contributed by atoms with E-state index in [2.05, 4.69) is 15.9 Å². The Bertz CT molecular complexity index is 429. The lowest BCUT2D eigenvalue weighted by Crippen LogP contribution is -2.09. The highest BCUT2D eigenvalue weighted by molar-refractivity contribution is 9.09. The van der Waals surface area contributed by atoms with Crippen LogP contribution in [0.2, 0.25) is 0 Å². The Morgan fingerprint density at radius 3 is 2.41 bits per heavy atom. The monoisotopic (exact) mass is 310 g/mol. The molecule has 0 amide bonds. The van der Waals surface area contributed by atoms with Gasteiger partial charge in [-0.1, -0.05) is 15.9 Å². The third-order valence-electron chi connectivity index (χ3n) is 2.19. The van der Waals surface area contributed by atoms with Crippen molar-refractivity contribution in [3.05, 3.63) is 29.3 Å². The molecule has 1 unspecified atom stereocenters. The Hall–Kier alpha value is -1.04. The molecule has 0 fully saturated rings. The Morgan fingerprint density at radius 2 is 2.00 bits per heavy atom. The molecule has 0 bridgehead atoms. The van der Waals surface area contributed by atoms with Gasteiger partial charge in [0, 0.05) is 5.56 Å².